The first-order valence-electron chi connectivity index (χ1n) is 19.7. The Labute approximate surface area is 289 Å². The van der Waals surface area contributed by atoms with Gasteiger partial charge in [-0.3, -0.25) is 14.1 Å². The number of hydrogen-bond donors (Lipinski definition) is 2. The van der Waals surface area contributed by atoms with E-state index in [1.54, 1.807) is 0 Å². The van der Waals surface area contributed by atoms with Crippen LogP contribution in [0.2, 0.25) is 0 Å². The highest BCUT2D eigenvalue weighted by molar-refractivity contribution is 7.46. The van der Waals surface area contributed by atoms with Crippen LogP contribution in [0.4, 0.5) is 0 Å². The average Bonchev–Trinajstić information content (AvgIpc) is 3.02. The molecule has 0 spiro atoms. The molecule has 0 aromatic heterocycles. The number of hydrogen-bond acceptors (Lipinski definition) is 6. The molecule has 280 valence electrons. The van der Waals surface area contributed by atoms with Crippen molar-refractivity contribution in [2.24, 2.45) is 5.92 Å². The maximum absolute atomic E-state index is 12.3. The van der Waals surface area contributed by atoms with Crippen molar-refractivity contribution in [3.8, 4) is 0 Å². The summed E-state index contributed by atoms with van der Waals surface area (Å²) in [4.78, 5) is 42.6. The van der Waals surface area contributed by atoms with Crippen molar-refractivity contribution >= 4 is 19.8 Å². The Bertz CT molecular complexity index is 754. The van der Waals surface area contributed by atoms with Gasteiger partial charge in [0.15, 0.2) is 6.10 Å². The molecule has 0 saturated heterocycles. The molecular weight excluding hydrogens is 615 g/mol. The molecule has 0 saturated carbocycles. The Morgan fingerprint density at radius 2 is 0.894 bits per heavy atom. The van der Waals surface area contributed by atoms with Crippen molar-refractivity contribution in [3.63, 3.8) is 0 Å². The van der Waals surface area contributed by atoms with E-state index in [0.717, 1.165) is 44.4 Å². The quantitative estimate of drug-likeness (QED) is 0.0379. The molecule has 0 amide bonds. The van der Waals surface area contributed by atoms with E-state index < -0.39 is 32.5 Å². The van der Waals surface area contributed by atoms with Gasteiger partial charge in [0.2, 0.25) is 0 Å². The van der Waals surface area contributed by atoms with Crippen LogP contribution in [0.3, 0.4) is 0 Å². The zero-order valence-corrected chi connectivity index (χ0v) is 31.8. The summed E-state index contributed by atoms with van der Waals surface area (Å²) in [7, 11) is -4.74. The number of carbonyl (C=O) groups is 2. The monoisotopic (exact) mass is 691 g/mol. The van der Waals surface area contributed by atoms with Gasteiger partial charge in [-0.15, -0.1) is 0 Å². The number of carbonyl (C=O) groups excluding carboxylic acids is 2. The molecule has 0 aliphatic rings. The molecule has 9 heteroatoms. The number of esters is 2. The van der Waals surface area contributed by atoms with Gasteiger partial charge < -0.3 is 19.3 Å². The number of unbranched alkanes of at least 4 members (excludes halogenated alkanes) is 24. The highest BCUT2D eigenvalue weighted by atomic mass is 31.2. The van der Waals surface area contributed by atoms with Crippen molar-refractivity contribution in [2.75, 3.05) is 13.2 Å². The Hall–Kier alpha value is -0.950. The van der Waals surface area contributed by atoms with Crippen molar-refractivity contribution in [2.45, 2.75) is 213 Å². The van der Waals surface area contributed by atoms with E-state index in [1.165, 1.54) is 128 Å². The SMILES string of the molecule is CCCCCCCCCCCCCCCCCCCCCC(=O)OC[C@H](COP(=O)(O)O)OC(=O)CCCCCCCCCC(C)C. The molecule has 0 radical (unpaired) electrons. The minimum absolute atomic E-state index is 0.215. The summed E-state index contributed by atoms with van der Waals surface area (Å²) in [5.74, 6) is -0.123. The van der Waals surface area contributed by atoms with E-state index in [0.29, 0.717) is 6.42 Å². The first kappa shape index (κ1) is 46.0. The van der Waals surface area contributed by atoms with Crippen LogP contribution >= 0.6 is 7.82 Å². The van der Waals surface area contributed by atoms with Gasteiger partial charge in [0.05, 0.1) is 6.61 Å². The summed E-state index contributed by atoms with van der Waals surface area (Å²) in [6.45, 7) is 5.96. The molecule has 0 rings (SSSR count). The third-order valence-corrected chi connectivity index (χ3v) is 9.29. The van der Waals surface area contributed by atoms with Gasteiger partial charge in [0, 0.05) is 12.8 Å². The van der Waals surface area contributed by atoms with Crippen LogP contribution in [0, 0.1) is 5.92 Å². The summed E-state index contributed by atoms with van der Waals surface area (Å²) < 4.78 is 26.3. The normalized spacial score (nSPS) is 12.5. The molecule has 0 heterocycles. The van der Waals surface area contributed by atoms with E-state index in [2.05, 4.69) is 25.3 Å². The molecule has 8 nitrogen and oxygen atoms in total. The largest absolute Gasteiger partial charge is 0.469 e. The first-order chi connectivity index (χ1) is 22.6. The van der Waals surface area contributed by atoms with E-state index in [-0.39, 0.29) is 19.4 Å². The van der Waals surface area contributed by atoms with Gasteiger partial charge in [0.25, 0.3) is 0 Å². The number of phosphoric acid groups is 1. The average molecular weight is 691 g/mol. The van der Waals surface area contributed by atoms with Gasteiger partial charge >= 0.3 is 19.8 Å². The second-order valence-electron chi connectivity index (χ2n) is 14.1. The van der Waals surface area contributed by atoms with Crippen LogP contribution in [0.5, 0.6) is 0 Å². The predicted octanol–water partition coefficient (Wildman–Crippen LogP) is 11.5. The fourth-order valence-corrected chi connectivity index (χ4v) is 6.21. The third-order valence-electron chi connectivity index (χ3n) is 8.80. The Balaban J connectivity index is 3.83. The fraction of sp³-hybridized carbons (Fsp3) is 0.947. The highest BCUT2D eigenvalue weighted by Crippen LogP contribution is 2.36. The topological polar surface area (TPSA) is 119 Å². The third kappa shape index (κ3) is 37.7. The van der Waals surface area contributed by atoms with E-state index >= 15 is 0 Å². The van der Waals surface area contributed by atoms with Crippen LogP contribution < -0.4 is 0 Å². The number of phosphoric ester groups is 1. The standard InChI is InChI=1S/C38H75O8P/c1-4-5-6-7-8-9-10-11-12-13-14-15-16-17-18-19-22-25-28-31-37(39)44-33-36(34-45-47(41,42)43)46-38(40)32-29-26-23-20-21-24-27-30-35(2)3/h35-36H,4-34H2,1-3H3,(H2,41,42,43)/t36-/m1/s1. The predicted molar refractivity (Wildman–Crippen MR) is 193 cm³/mol. The lowest BCUT2D eigenvalue weighted by Gasteiger charge is -2.18. The summed E-state index contributed by atoms with van der Waals surface area (Å²) in [6, 6.07) is 0. The second kappa shape index (κ2) is 33.5. The van der Waals surface area contributed by atoms with Gasteiger partial charge in [-0.05, 0) is 18.8 Å². The van der Waals surface area contributed by atoms with Crippen molar-refractivity contribution in [1.29, 1.82) is 0 Å². The van der Waals surface area contributed by atoms with Gasteiger partial charge in [-0.1, -0.05) is 181 Å². The Morgan fingerprint density at radius 1 is 0.532 bits per heavy atom. The van der Waals surface area contributed by atoms with Gasteiger partial charge in [0.1, 0.15) is 6.61 Å². The lowest BCUT2D eigenvalue weighted by Crippen LogP contribution is -2.29. The molecule has 0 aromatic carbocycles. The van der Waals surface area contributed by atoms with Crippen LogP contribution in [-0.2, 0) is 28.2 Å². The molecule has 0 aromatic rings. The summed E-state index contributed by atoms with van der Waals surface area (Å²) in [5, 5.41) is 0. The second-order valence-corrected chi connectivity index (χ2v) is 15.3. The fourth-order valence-electron chi connectivity index (χ4n) is 5.85. The van der Waals surface area contributed by atoms with Crippen molar-refractivity contribution in [3.05, 3.63) is 0 Å². The minimum atomic E-state index is -4.74. The molecule has 1 atom stereocenters. The molecule has 0 fully saturated rings. The molecule has 0 aliphatic carbocycles. The molecule has 0 aliphatic heterocycles. The lowest BCUT2D eigenvalue weighted by molar-refractivity contribution is -0.161. The molecule has 47 heavy (non-hydrogen) atoms. The first-order valence-corrected chi connectivity index (χ1v) is 21.2. The van der Waals surface area contributed by atoms with Crippen LogP contribution in [0.25, 0.3) is 0 Å². The van der Waals surface area contributed by atoms with Crippen LogP contribution in [0.1, 0.15) is 207 Å². The smallest absolute Gasteiger partial charge is 0.462 e. The summed E-state index contributed by atoms with van der Waals surface area (Å²) >= 11 is 0. The maximum atomic E-state index is 12.3. The molecule has 0 bridgehead atoms. The van der Waals surface area contributed by atoms with Gasteiger partial charge in [-0.2, -0.15) is 0 Å². The lowest BCUT2D eigenvalue weighted by atomic mass is 10.0. The molecular formula is C38H75O8P. The zero-order chi connectivity index (χ0) is 34.9. The Morgan fingerprint density at radius 3 is 1.28 bits per heavy atom. The Kier molecular flexibility index (Phi) is 32.9. The van der Waals surface area contributed by atoms with Crippen LogP contribution in [-0.4, -0.2) is 41.0 Å². The zero-order valence-electron chi connectivity index (χ0n) is 30.9. The van der Waals surface area contributed by atoms with E-state index in [1.807, 2.05) is 0 Å². The maximum Gasteiger partial charge on any atom is 0.469 e. The summed E-state index contributed by atoms with van der Waals surface area (Å²) in [6.07, 6.45) is 32.8. The van der Waals surface area contributed by atoms with Crippen molar-refractivity contribution < 1.29 is 37.9 Å². The van der Waals surface area contributed by atoms with Crippen molar-refractivity contribution in [1.82, 2.24) is 0 Å². The molecule has 2 N–H and O–H groups in total. The number of ether oxygens (including phenoxy) is 2. The minimum Gasteiger partial charge on any atom is -0.462 e. The van der Waals surface area contributed by atoms with Gasteiger partial charge in [-0.25, -0.2) is 4.57 Å². The highest BCUT2D eigenvalue weighted by Gasteiger charge is 2.22. The molecule has 0 unspecified atom stereocenters. The van der Waals surface area contributed by atoms with Crippen LogP contribution in [0.15, 0.2) is 0 Å². The summed E-state index contributed by atoms with van der Waals surface area (Å²) in [5.41, 5.74) is 0. The van der Waals surface area contributed by atoms with E-state index in [4.69, 9.17) is 19.3 Å². The van der Waals surface area contributed by atoms with E-state index in [9.17, 15) is 14.2 Å². The number of rotatable bonds is 36.